The van der Waals surface area contributed by atoms with Crippen molar-refractivity contribution in [3.8, 4) is 22.6 Å². The third kappa shape index (κ3) is 3.30. The summed E-state index contributed by atoms with van der Waals surface area (Å²) in [5, 5.41) is 7.17. The fourth-order valence-electron chi connectivity index (χ4n) is 2.47. The first-order valence-electron chi connectivity index (χ1n) is 7.69. The summed E-state index contributed by atoms with van der Waals surface area (Å²) in [6.07, 6.45) is 3.37. The Morgan fingerprint density at radius 3 is 2.75 bits per heavy atom. The van der Waals surface area contributed by atoms with Gasteiger partial charge < -0.3 is 19.0 Å². The molecule has 0 amide bonds. The lowest BCUT2D eigenvalue weighted by Crippen LogP contribution is -2.22. The van der Waals surface area contributed by atoms with Crippen molar-refractivity contribution >= 4 is 5.95 Å². The molecule has 24 heavy (non-hydrogen) atoms. The lowest BCUT2D eigenvalue weighted by molar-refractivity contribution is 0.190. The molecule has 3 aromatic heterocycles. The van der Waals surface area contributed by atoms with E-state index >= 15 is 0 Å². The highest BCUT2D eigenvalue weighted by molar-refractivity contribution is 5.79. The zero-order valence-corrected chi connectivity index (χ0v) is 14.2. The van der Waals surface area contributed by atoms with Gasteiger partial charge in [0.25, 0.3) is 0 Å². The van der Waals surface area contributed by atoms with Crippen LogP contribution >= 0.6 is 0 Å². The highest BCUT2D eigenvalue weighted by atomic mass is 16.5. The molecule has 126 valence electrons. The Balaban J connectivity index is 2.05. The Kier molecular flexibility index (Phi) is 4.61. The molecule has 1 unspecified atom stereocenters. The average molecular weight is 328 g/mol. The van der Waals surface area contributed by atoms with E-state index in [4.69, 9.17) is 13.7 Å². The lowest BCUT2D eigenvalue weighted by atomic mass is 10.1. The summed E-state index contributed by atoms with van der Waals surface area (Å²) in [6.45, 7) is 6.34. The number of rotatable bonds is 6. The van der Waals surface area contributed by atoms with Crippen LogP contribution in [0.2, 0.25) is 0 Å². The Labute approximate surface area is 140 Å². The van der Waals surface area contributed by atoms with Crippen LogP contribution in [0.1, 0.15) is 18.4 Å². The molecule has 0 radical (unpaired) electrons. The largest absolute Gasteiger partial charge is 0.469 e. The number of nitrogens with zero attached hydrogens (tertiary/aromatic N) is 3. The van der Waals surface area contributed by atoms with Crippen molar-refractivity contribution in [3.63, 3.8) is 0 Å². The van der Waals surface area contributed by atoms with Crippen LogP contribution in [0.5, 0.6) is 0 Å². The smallest absolute Gasteiger partial charge is 0.223 e. The number of aryl methyl sites for hydroxylation is 2. The first-order valence-corrected chi connectivity index (χ1v) is 7.69. The Morgan fingerprint density at radius 2 is 2.12 bits per heavy atom. The standard InChI is InChI=1S/C17H20N4O3/c1-10-7-15(24-21-10)14-8-18-17(19-11(2)9-22-4)20-16(14)13-5-6-23-12(13)3/h5-8,11H,9H2,1-4H3,(H,18,19,20). The van der Waals surface area contributed by atoms with Gasteiger partial charge in [-0.3, -0.25) is 0 Å². The molecule has 0 bridgehead atoms. The number of methoxy groups -OCH3 is 1. The Hall–Kier alpha value is -2.67. The van der Waals surface area contributed by atoms with Gasteiger partial charge in [0.2, 0.25) is 5.95 Å². The van der Waals surface area contributed by atoms with E-state index in [1.54, 1.807) is 19.6 Å². The molecule has 0 spiro atoms. The number of nitrogens with one attached hydrogen (secondary N) is 1. The van der Waals surface area contributed by atoms with Crippen LogP contribution in [-0.4, -0.2) is 34.9 Å². The molecule has 0 aliphatic rings. The average Bonchev–Trinajstić information content (AvgIpc) is 3.16. The summed E-state index contributed by atoms with van der Waals surface area (Å²) in [4.78, 5) is 9.05. The summed E-state index contributed by atoms with van der Waals surface area (Å²) < 4.78 is 16.0. The van der Waals surface area contributed by atoms with Gasteiger partial charge in [-0.1, -0.05) is 5.16 Å². The number of hydrogen-bond acceptors (Lipinski definition) is 7. The Bertz CT molecular complexity index is 825. The van der Waals surface area contributed by atoms with Gasteiger partial charge in [-0.25, -0.2) is 9.97 Å². The molecule has 0 aromatic carbocycles. The quantitative estimate of drug-likeness (QED) is 0.741. The molecule has 0 fully saturated rings. The summed E-state index contributed by atoms with van der Waals surface area (Å²) in [5.74, 6) is 1.93. The number of furan rings is 1. The molecule has 3 rings (SSSR count). The second-order valence-electron chi connectivity index (χ2n) is 5.68. The third-order valence-corrected chi connectivity index (χ3v) is 3.59. The summed E-state index contributed by atoms with van der Waals surface area (Å²) in [5.41, 5.74) is 3.20. The molecule has 3 aromatic rings. The maximum atomic E-state index is 5.43. The van der Waals surface area contributed by atoms with Gasteiger partial charge in [0.05, 0.1) is 29.8 Å². The molecule has 0 aliphatic heterocycles. The minimum Gasteiger partial charge on any atom is -0.469 e. The number of hydrogen-bond donors (Lipinski definition) is 1. The zero-order valence-electron chi connectivity index (χ0n) is 14.2. The minimum atomic E-state index is 0.0895. The first-order chi connectivity index (χ1) is 11.6. The van der Waals surface area contributed by atoms with E-state index < -0.39 is 0 Å². The van der Waals surface area contributed by atoms with Crippen LogP contribution in [-0.2, 0) is 4.74 Å². The topological polar surface area (TPSA) is 86.2 Å². The maximum absolute atomic E-state index is 5.43. The van der Waals surface area contributed by atoms with E-state index in [0.717, 1.165) is 28.3 Å². The number of anilines is 1. The molecule has 1 N–H and O–H groups in total. The molecule has 1 atom stereocenters. The van der Waals surface area contributed by atoms with E-state index in [-0.39, 0.29) is 6.04 Å². The molecule has 0 saturated heterocycles. The second-order valence-corrected chi connectivity index (χ2v) is 5.68. The summed E-state index contributed by atoms with van der Waals surface area (Å²) in [6, 6.07) is 3.83. The Morgan fingerprint density at radius 1 is 1.29 bits per heavy atom. The fourth-order valence-corrected chi connectivity index (χ4v) is 2.47. The van der Waals surface area contributed by atoms with Crippen LogP contribution in [0.15, 0.2) is 33.5 Å². The van der Waals surface area contributed by atoms with E-state index in [9.17, 15) is 0 Å². The van der Waals surface area contributed by atoms with Crippen molar-refractivity contribution in [2.24, 2.45) is 0 Å². The normalized spacial score (nSPS) is 12.3. The van der Waals surface area contributed by atoms with Crippen LogP contribution in [0.3, 0.4) is 0 Å². The predicted octanol–water partition coefficient (Wildman–Crippen LogP) is 3.46. The van der Waals surface area contributed by atoms with Gasteiger partial charge in [0.1, 0.15) is 5.76 Å². The molecule has 0 saturated carbocycles. The van der Waals surface area contributed by atoms with Gasteiger partial charge in [-0.15, -0.1) is 0 Å². The summed E-state index contributed by atoms with van der Waals surface area (Å²) in [7, 11) is 1.66. The molecule has 7 heteroatoms. The molecular weight excluding hydrogens is 308 g/mol. The maximum Gasteiger partial charge on any atom is 0.223 e. The van der Waals surface area contributed by atoms with E-state index in [0.29, 0.717) is 18.3 Å². The zero-order chi connectivity index (χ0) is 17.1. The van der Waals surface area contributed by atoms with Gasteiger partial charge in [-0.2, -0.15) is 0 Å². The highest BCUT2D eigenvalue weighted by Crippen LogP contribution is 2.33. The number of ether oxygens (including phenoxy) is 1. The van der Waals surface area contributed by atoms with Crippen molar-refractivity contribution in [3.05, 3.63) is 36.0 Å². The van der Waals surface area contributed by atoms with Gasteiger partial charge >= 0.3 is 0 Å². The van der Waals surface area contributed by atoms with Crippen molar-refractivity contribution in [1.29, 1.82) is 0 Å². The number of aromatic nitrogens is 3. The van der Waals surface area contributed by atoms with Crippen LogP contribution in [0, 0.1) is 13.8 Å². The monoisotopic (exact) mass is 328 g/mol. The predicted molar refractivity (Wildman–Crippen MR) is 89.7 cm³/mol. The fraction of sp³-hybridized carbons (Fsp3) is 0.353. The highest BCUT2D eigenvalue weighted by Gasteiger charge is 2.18. The molecule has 0 aliphatic carbocycles. The van der Waals surface area contributed by atoms with Crippen molar-refractivity contribution in [2.75, 3.05) is 19.0 Å². The van der Waals surface area contributed by atoms with Crippen molar-refractivity contribution in [2.45, 2.75) is 26.8 Å². The lowest BCUT2D eigenvalue weighted by Gasteiger charge is -2.14. The van der Waals surface area contributed by atoms with Crippen molar-refractivity contribution < 1.29 is 13.7 Å². The van der Waals surface area contributed by atoms with Crippen LogP contribution in [0.25, 0.3) is 22.6 Å². The minimum absolute atomic E-state index is 0.0895. The first kappa shape index (κ1) is 16.2. The van der Waals surface area contributed by atoms with Crippen LogP contribution in [0.4, 0.5) is 5.95 Å². The molecule has 7 nitrogen and oxygen atoms in total. The van der Waals surface area contributed by atoms with E-state index in [2.05, 4.69) is 20.4 Å². The van der Waals surface area contributed by atoms with Gasteiger partial charge in [0, 0.05) is 31.0 Å². The summed E-state index contributed by atoms with van der Waals surface area (Å²) >= 11 is 0. The third-order valence-electron chi connectivity index (χ3n) is 3.59. The van der Waals surface area contributed by atoms with Crippen molar-refractivity contribution in [1.82, 2.24) is 15.1 Å². The van der Waals surface area contributed by atoms with Gasteiger partial charge in [-0.05, 0) is 26.8 Å². The molecule has 3 heterocycles. The second kappa shape index (κ2) is 6.84. The van der Waals surface area contributed by atoms with Gasteiger partial charge in [0.15, 0.2) is 5.76 Å². The van der Waals surface area contributed by atoms with E-state index in [1.165, 1.54) is 0 Å². The molecular formula is C17H20N4O3. The SMILES string of the molecule is COCC(C)Nc1ncc(-c2cc(C)no2)c(-c2ccoc2C)n1. The van der Waals surface area contributed by atoms with E-state index in [1.807, 2.05) is 32.9 Å². The van der Waals surface area contributed by atoms with Crippen LogP contribution < -0.4 is 5.32 Å².